The van der Waals surface area contributed by atoms with E-state index in [9.17, 15) is 13.2 Å². The number of allylic oxidation sites excluding steroid dienone is 2. The summed E-state index contributed by atoms with van der Waals surface area (Å²) in [4.78, 5) is 6.84. The number of nitrogens with two attached hydrogens (primary N) is 1. The molecule has 5 rings (SSSR count). The average Bonchev–Trinajstić information content (AvgIpc) is 3.07. The lowest BCUT2D eigenvalue weighted by Crippen LogP contribution is -2.21. The van der Waals surface area contributed by atoms with Gasteiger partial charge < -0.3 is 10.6 Å². The van der Waals surface area contributed by atoms with E-state index in [1.165, 1.54) is 11.1 Å². The molecule has 0 aliphatic carbocycles. The first-order chi connectivity index (χ1) is 24.1. The summed E-state index contributed by atoms with van der Waals surface area (Å²) in [5.74, 6) is 0. The molecule has 1 heterocycles. The van der Waals surface area contributed by atoms with Crippen molar-refractivity contribution in [3.63, 3.8) is 0 Å². The van der Waals surface area contributed by atoms with Crippen LogP contribution in [0.4, 0.5) is 30.2 Å². The molecule has 5 aromatic rings. The van der Waals surface area contributed by atoms with Crippen LogP contribution >= 0.6 is 0 Å². The summed E-state index contributed by atoms with van der Waals surface area (Å²) in [6.07, 6.45) is -4.13. The predicted octanol–water partition coefficient (Wildman–Crippen LogP) is 12.6. The Morgan fingerprint density at radius 3 is 1.31 bits per heavy atom. The zero-order valence-corrected chi connectivity index (χ0v) is 31.6. The number of pyridine rings is 1. The minimum absolute atomic E-state index is 0.0147. The minimum Gasteiger partial charge on any atom is -0.395 e. The highest BCUT2D eigenvalue weighted by atomic mass is 19.4. The fourth-order valence-corrected chi connectivity index (χ4v) is 5.91. The van der Waals surface area contributed by atoms with E-state index in [2.05, 4.69) is 121 Å². The van der Waals surface area contributed by atoms with Gasteiger partial charge in [0.25, 0.3) is 0 Å². The van der Waals surface area contributed by atoms with Gasteiger partial charge in [0.05, 0.1) is 17.1 Å². The standard InChI is InChI=1S/C45H49F3N4/c1-42(2,3)32-14-10-30(11-15-32)39-26-31(27-40(51-39)38(49)28-41(50)45(46,47)48)29-12-20-35(21-13-29)52(36-22-16-33(17-23-36)43(4,5)6)37-24-18-34(19-25-37)44(7,8)9/h10-28,49H,50H2,1-9H3. The van der Waals surface area contributed by atoms with Gasteiger partial charge in [0.15, 0.2) is 0 Å². The molecule has 3 N–H and O–H groups in total. The Hall–Kier alpha value is -5.17. The summed E-state index contributed by atoms with van der Waals surface area (Å²) in [6.45, 7) is 19.6. The van der Waals surface area contributed by atoms with Crippen LogP contribution in [0.15, 0.2) is 121 Å². The number of hydrogen-bond donors (Lipinski definition) is 2. The zero-order valence-electron chi connectivity index (χ0n) is 31.6. The Balaban J connectivity index is 1.60. The molecular weight excluding hydrogens is 654 g/mol. The van der Waals surface area contributed by atoms with Crippen molar-refractivity contribution in [1.29, 1.82) is 5.41 Å². The number of benzene rings is 4. The number of aromatic nitrogens is 1. The van der Waals surface area contributed by atoms with Crippen molar-refractivity contribution in [3.8, 4) is 22.4 Å². The van der Waals surface area contributed by atoms with Crippen LogP contribution in [0.1, 0.15) is 84.7 Å². The Morgan fingerprint density at radius 2 is 0.923 bits per heavy atom. The monoisotopic (exact) mass is 702 g/mol. The number of nitrogens with one attached hydrogen (secondary N) is 1. The lowest BCUT2D eigenvalue weighted by molar-refractivity contribution is -0.0925. The Kier molecular flexibility index (Phi) is 10.3. The number of anilines is 3. The third-order valence-electron chi connectivity index (χ3n) is 9.22. The van der Waals surface area contributed by atoms with Crippen LogP contribution in [0.5, 0.6) is 0 Å². The normalized spacial score (nSPS) is 12.9. The molecule has 0 saturated carbocycles. The second-order valence-corrected chi connectivity index (χ2v) is 16.4. The second kappa shape index (κ2) is 14.1. The van der Waals surface area contributed by atoms with E-state index >= 15 is 0 Å². The smallest absolute Gasteiger partial charge is 0.395 e. The molecule has 0 radical (unpaired) electrons. The van der Waals surface area contributed by atoms with E-state index in [1.54, 1.807) is 6.07 Å². The Bertz CT molecular complexity index is 2000. The second-order valence-electron chi connectivity index (χ2n) is 16.4. The summed E-state index contributed by atoms with van der Waals surface area (Å²) in [6, 6.07) is 36.8. The molecular formula is C45H49F3N4. The van der Waals surface area contributed by atoms with Gasteiger partial charge in [-0.05, 0) is 98.7 Å². The van der Waals surface area contributed by atoms with Gasteiger partial charge in [-0.3, -0.25) is 5.41 Å². The van der Waals surface area contributed by atoms with Crippen molar-refractivity contribution in [2.24, 2.45) is 5.73 Å². The van der Waals surface area contributed by atoms with Crippen molar-refractivity contribution in [1.82, 2.24) is 4.98 Å². The Morgan fingerprint density at radius 1 is 0.558 bits per heavy atom. The molecule has 52 heavy (non-hydrogen) atoms. The van der Waals surface area contributed by atoms with Crippen molar-refractivity contribution < 1.29 is 13.2 Å². The molecule has 0 aliphatic heterocycles. The van der Waals surface area contributed by atoms with Crippen LogP contribution in [0.2, 0.25) is 0 Å². The molecule has 0 spiro atoms. The largest absolute Gasteiger partial charge is 0.430 e. The summed E-state index contributed by atoms with van der Waals surface area (Å²) in [7, 11) is 0. The number of rotatable bonds is 7. The fourth-order valence-electron chi connectivity index (χ4n) is 5.91. The first kappa shape index (κ1) is 38.1. The lowest BCUT2D eigenvalue weighted by Gasteiger charge is -2.28. The van der Waals surface area contributed by atoms with E-state index in [0.717, 1.165) is 33.8 Å². The summed E-state index contributed by atoms with van der Waals surface area (Å²) >= 11 is 0. The SMILES string of the molecule is CC(C)(C)c1ccc(-c2cc(-c3ccc(N(c4ccc(C(C)(C)C)cc4)c4ccc(C(C)(C)C)cc4)cc3)cc(C(=N)C=C(N)C(F)(F)F)n2)cc1. The van der Waals surface area contributed by atoms with Crippen molar-refractivity contribution in [2.45, 2.75) is 84.7 Å². The van der Waals surface area contributed by atoms with Crippen molar-refractivity contribution >= 4 is 22.8 Å². The molecule has 0 bridgehead atoms. The van der Waals surface area contributed by atoms with E-state index in [-0.39, 0.29) is 21.9 Å². The van der Waals surface area contributed by atoms with Gasteiger partial charge in [0.1, 0.15) is 5.70 Å². The number of halogens is 3. The van der Waals surface area contributed by atoms with Crippen LogP contribution in [0.25, 0.3) is 22.4 Å². The van der Waals surface area contributed by atoms with E-state index in [0.29, 0.717) is 17.3 Å². The zero-order chi connectivity index (χ0) is 38.2. The number of hydrogen-bond acceptors (Lipinski definition) is 4. The molecule has 270 valence electrons. The van der Waals surface area contributed by atoms with Crippen LogP contribution in [0, 0.1) is 5.41 Å². The third kappa shape index (κ3) is 8.82. The first-order valence-electron chi connectivity index (χ1n) is 17.5. The summed E-state index contributed by atoms with van der Waals surface area (Å²) < 4.78 is 40.0. The van der Waals surface area contributed by atoms with Crippen LogP contribution in [-0.2, 0) is 16.2 Å². The van der Waals surface area contributed by atoms with Gasteiger partial charge in [-0.15, -0.1) is 0 Å². The lowest BCUT2D eigenvalue weighted by atomic mass is 9.86. The maximum Gasteiger partial charge on any atom is 0.430 e. The molecule has 0 fully saturated rings. The molecule has 0 unspecified atom stereocenters. The number of alkyl halides is 3. The van der Waals surface area contributed by atoms with Gasteiger partial charge in [0, 0.05) is 22.6 Å². The summed E-state index contributed by atoms with van der Waals surface area (Å²) in [5.41, 5.74) is 13.0. The van der Waals surface area contributed by atoms with Gasteiger partial charge >= 0.3 is 6.18 Å². The fraction of sp³-hybridized carbons (Fsp3) is 0.289. The molecule has 4 aromatic carbocycles. The molecule has 0 aliphatic rings. The molecule has 0 amide bonds. The minimum atomic E-state index is -4.75. The van der Waals surface area contributed by atoms with Crippen LogP contribution in [0.3, 0.4) is 0 Å². The quantitative estimate of drug-likeness (QED) is 0.166. The van der Waals surface area contributed by atoms with Crippen molar-refractivity contribution in [3.05, 3.63) is 143 Å². The molecule has 4 nitrogen and oxygen atoms in total. The van der Waals surface area contributed by atoms with Crippen LogP contribution < -0.4 is 10.6 Å². The van der Waals surface area contributed by atoms with Gasteiger partial charge in [-0.25, -0.2) is 4.98 Å². The highest BCUT2D eigenvalue weighted by Crippen LogP contribution is 2.38. The highest BCUT2D eigenvalue weighted by molar-refractivity contribution is 6.06. The topological polar surface area (TPSA) is 66.0 Å². The summed E-state index contributed by atoms with van der Waals surface area (Å²) in [5, 5.41) is 8.54. The Labute approximate surface area is 306 Å². The van der Waals surface area contributed by atoms with Crippen molar-refractivity contribution in [2.75, 3.05) is 4.90 Å². The van der Waals surface area contributed by atoms with Gasteiger partial charge in [-0.2, -0.15) is 13.2 Å². The molecule has 7 heteroatoms. The molecule has 0 saturated heterocycles. The van der Waals surface area contributed by atoms with Gasteiger partial charge in [0.2, 0.25) is 0 Å². The maximum atomic E-state index is 13.3. The van der Waals surface area contributed by atoms with E-state index in [4.69, 9.17) is 11.1 Å². The highest BCUT2D eigenvalue weighted by Gasteiger charge is 2.32. The van der Waals surface area contributed by atoms with E-state index in [1.807, 2.05) is 54.6 Å². The average molecular weight is 703 g/mol. The first-order valence-corrected chi connectivity index (χ1v) is 17.5. The molecule has 0 atom stereocenters. The third-order valence-corrected chi connectivity index (χ3v) is 9.22. The molecule has 1 aromatic heterocycles. The van der Waals surface area contributed by atoms with Crippen LogP contribution in [-0.4, -0.2) is 16.9 Å². The van der Waals surface area contributed by atoms with E-state index < -0.39 is 17.6 Å². The van der Waals surface area contributed by atoms with Gasteiger partial charge in [-0.1, -0.05) is 123 Å². The predicted molar refractivity (Wildman–Crippen MR) is 211 cm³/mol. The maximum absolute atomic E-state index is 13.3. The number of nitrogens with zero attached hydrogens (tertiary/aromatic N) is 2.